The minimum Gasteiger partial charge on any atom is -0.398 e. The number of carbonyl (C=O) groups is 1. The van der Waals surface area contributed by atoms with Gasteiger partial charge in [-0.15, -0.1) is 0 Å². The van der Waals surface area contributed by atoms with Crippen LogP contribution < -0.4 is 11.1 Å². The van der Waals surface area contributed by atoms with E-state index in [1.54, 1.807) is 6.07 Å². The van der Waals surface area contributed by atoms with Crippen molar-refractivity contribution in [3.63, 3.8) is 0 Å². The Kier molecular flexibility index (Phi) is 4.69. The third kappa shape index (κ3) is 3.20. The van der Waals surface area contributed by atoms with Crippen LogP contribution in [0.25, 0.3) is 21.8 Å². The van der Waals surface area contributed by atoms with E-state index < -0.39 is 0 Å². The number of nitrogen functional groups attached to an aromatic ring is 1. The molecule has 1 amide bonds. The number of likely N-dealkylation sites (N-methyl/N-ethyl adjacent to an activating group) is 1. The number of fused-ring (bicyclic) bond motifs is 2. The summed E-state index contributed by atoms with van der Waals surface area (Å²) < 4.78 is 0.925. The van der Waals surface area contributed by atoms with Gasteiger partial charge in [-0.25, -0.2) is 4.98 Å². The van der Waals surface area contributed by atoms with Gasteiger partial charge in [0.15, 0.2) is 0 Å². The van der Waals surface area contributed by atoms with Crippen molar-refractivity contribution in [2.45, 2.75) is 0 Å². The smallest absolute Gasteiger partial charge is 0.253 e. The fraction of sp³-hybridized carbons (Fsp3) is 0.222. The summed E-state index contributed by atoms with van der Waals surface area (Å²) in [5.74, 6) is -0.135. The molecular weight excluding hydrogens is 368 g/mol. The molecule has 0 atom stereocenters. The predicted molar refractivity (Wildman–Crippen MR) is 102 cm³/mol. The minimum absolute atomic E-state index is 0.135. The molecule has 1 aromatic heterocycles. The molecule has 6 heteroatoms. The number of nitrogens with two attached hydrogens (primary N) is 1. The Morgan fingerprint density at radius 1 is 1.25 bits per heavy atom. The van der Waals surface area contributed by atoms with Crippen LogP contribution in [0.15, 0.2) is 40.9 Å². The number of amides is 1. The van der Waals surface area contributed by atoms with E-state index in [0.29, 0.717) is 23.3 Å². The lowest BCUT2D eigenvalue weighted by Crippen LogP contribution is -2.31. The van der Waals surface area contributed by atoms with E-state index in [4.69, 9.17) is 5.73 Å². The summed E-state index contributed by atoms with van der Waals surface area (Å²) in [4.78, 5) is 19.2. The Labute approximate surface area is 149 Å². The van der Waals surface area contributed by atoms with Gasteiger partial charge < -0.3 is 16.0 Å². The van der Waals surface area contributed by atoms with Crippen molar-refractivity contribution in [2.75, 3.05) is 32.9 Å². The molecule has 3 N–H and O–H groups in total. The Morgan fingerprint density at radius 3 is 2.79 bits per heavy atom. The third-order valence-electron chi connectivity index (χ3n) is 3.90. The Bertz CT molecular complexity index is 924. The molecule has 24 heavy (non-hydrogen) atoms. The maximum atomic E-state index is 12.5. The Morgan fingerprint density at radius 2 is 2.04 bits per heavy atom. The highest BCUT2D eigenvalue weighted by molar-refractivity contribution is 9.10. The molecule has 3 aromatic rings. The van der Waals surface area contributed by atoms with E-state index in [1.807, 2.05) is 49.3 Å². The summed E-state index contributed by atoms with van der Waals surface area (Å²) in [6.45, 7) is 1.36. The third-order valence-corrected chi connectivity index (χ3v) is 4.39. The van der Waals surface area contributed by atoms with Crippen LogP contribution in [0.5, 0.6) is 0 Å². The van der Waals surface area contributed by atoms with Crippen molar-refractivity contribution < 1.29 is 4.79 Å². The van der Waals surface area contributed by atoms with E-state index in [1.165, 1.54) is 0 Å². The number of nitrogens with one attached hydrogen (secondary N) is 1. The number of anilines is 1. The number of carbonyl (C=O) groups excluding carboxylic acids is 1. The summed E-state index contributed by atoms with van der Waals surface area (Å²) in [6, 6.07) is 11.3. The molecule has 0 aliphatic rings. The zero-order chi connectivity index (χ0) is 17.3. The van der Waals surface area contributed by atoms with Crippen molar-refractivity contribution in [1.29, 1.82) is 0 Å². The molecule has 1 heterocycles. The van der Waals surface area contributed by atoms with E-state index >= 15 is 0 Å². The molecule has 5 nitrogen and oxygen atoms in total. The van der Waals surface area contributed by atoms with Crippen molar-refractivity contribution in [3.05, 3.63) is 46.4 Å². The Hall–Kier alpha value is -2.18. The second-order valence-electron chi connectivity index (χ2n) is 5.95. The number of rotatable bonds is 4. The highest BCUT2D eigenvalue weighted by atomic mass is 79.9. The highest BCUT2D eigenvalue weighted by Gasteiger charge is 2.14. The van der Waals surface area contributed by atoms with Crippen LogP contribution in [0.4, 0.5) is 5.69 Å². The van der Waals surface area contributed by atoms with E-state index in [9.17, 15) is 4.79 Å². The second kappa shape index (κ2) is 6.75. The van der Waals surface area contributed by atoms with Crippen LogP contribution in [0.2, 0.25) is 0 Å². The second-order valence-corrected chi connectivity index (χ2v) is 6.86. The standard InChI is InChI=1S/C18H19BrN4O/c1-23(2)9-8-21-18(24)14-5-3-4-13-16(20)12-7-6-11(19)10-15(12)22-17(13)14/h3-7,10H,8-9H2,1-2H3,(H2,20,22)(H,21,24). The molecule has 0 radical (unpaired) electrons. The highest BCUT2D eigenvalue weighted by Crippen LogP contribution is 2.31. The Balaban J connectivity index is 2.09. The first-order valence-corrected chi connectivity index (χ1v) is 8.47. The average Bonchev–Trinajstić information content (AvgIpc) is 2.54. The molecule has 0 unspecified atom stereocenters. The zero-order valence-corrected chi connectivity index (χ0v) is 15.2. The number of hydrogen-bond donors (Lipinski definition) is 2. The first-order valence-electron chi connectivity index (χ1n) is 7.68. The monoisotopic (exact) mass is 386 g/mol. The fourth-order valence-corrected chi connectivity index (χ4v) is 2.99. The number of halogens is 1. The molecule has 0 saturated heterocycles. The molecule has 2 aromatic carbocycles. The maximum Gasteiger partial charge on any atom is 0.253 e. The number of hydrogen-bond acceptors (Lipinski definition) is 4. The van der Waals surface area contributed by atoms with Crippen molar-refractivity contribution in [1.82, 2.24) is 15.2 Å². The zero-order valence-electron chi connectivity index (χ0n) is 13.6. The first-order chi connectivity index (χ1) is 11.5. The first kappa shape index (κ1) is 16.7. The van der Waals surface area contributed by atoms with Crippen LogP contribution in [-0.2, 0) is 0 Å². The van der Waals surface area contributed by atoms with Crippen LogP contribution in [-0.4, -0.2) is 43.0 Å². The average molecular weight is 387 g/mol. The topological polar surface area (TPSA) is 71.2 Å². The van der Waals surface area contributed by atoms with Crippen molar-refractivity contribution >= 4 is 49.3 Å². The molecule has 0 aliphatic heterocycles. The number of aromatic nitrogens is 1. The quantitative estimate of drug-likeness (QED) is 0.676. The summed E-state index contributed by atoms with van der Waals surface area (Å²) in [7, 11) is 3.94. The van der Waals surface area contributed by atoms with Gasteiger partial charge >= 0.3 is 0 Å². The summed E-state index contributed by atoms with van der Waals surface area (Å²) in [5.41, 5.74) is 8.90. The van der Waals surface area contributed by atoms with Crippen LogP contribution >= 0.6 is 15.9 Å². The lowest BCUT2D eigenvalue weighted by atomic mass is 10.0. The lowest BCUT2D eigenvalue weighted by molar-refractivity contribution is 0.0952. The number of para-hydroxylation sites is 1. The normalized spacial score (nSPS) is 11.3. The molecule has 0 fully saturated rings. The van der Waals surface area contributed by atoms with Gasteiger partial charge in [0.25, 0.3) is 5.91 Å². The summed E-state index contributed by atoms with van der Waals surface area (Å²) >= 11 is 3.45. The minimum atomic E-state index is -0.135. The largest absolute Gasteiger partial charge is 0.398 e. The van der Waals surface area contributed by atoms with Gasteiger partial charge in [0.05, 0.1) is 22.3 Å². The lowest BCUT2D eigenvalue weighted by Gasteiger charge is -2.13. The van der Waals surface area contributed by atoms with Gasteiger partial charge in [0.1, 0.15) is 0 Å². The van der Waals surface area contributed by atoms with Crippen molar-refractivity contribution in [3.8, 4) is 0 Å². The van der Waals surface area contributed by atoms with Crippen LogP contribution in [0.1, 0.15) is 10.4 Å². The number of nitrogens with zero attached hydrogens (tertiary/aromatic N) is 2. The maximum absolute atomic E-state index is 12.5. The van der Waals surface area contributed by atoms with Crippen LogP contribution in [0.3, 0.4) is 0 Å². The van der Waals surface area contributed by atoms with E-state index in [2.05, 4.69) is 26.2 Å². The number of benzene rings is 2. The molecule has 0 aliphatic carbocycles. The van der Waals surface area contributed by atoms with Gasteiger partial charge in [-0.1, -0.05) is 28.1 Å². The summed E-state index contributed by atoms with van der Waals surface area (Å²) in [6.07, 6.45) is 0. The van der Waals surface area contributed by atoms with Crippen molar-refractivity contribution in [2.24, 2.45) is 0 Å². The molecule has 3 rings (SSSR count). The molecule has 0 saturated carbocycles. The van der Waals surface area contributed by atoms with E-state index in [-0.39, 0.29) is 5.91 Å². The SMILES string of the molecule is CN(C)CCNC(=O)c1cccc2c(N)c3ccc(Br)cc3nc12. The van der Waals surface area contributed by atoms with Gasteiger partial charge in [-0.2, -0.15) is 0 Å². The van der Waals surface area contributed by atoms with Gasteiger partial charge in [-0.3, -0.25) is 4.79 Å². The molecule has 0 spiro atoms. The van der Waals surface area contributed by atoms with E-state index in [0.717, 1.165) is 27.3 Å². The van der Waals surface area contributed by atoms with Crippen LogP contribution in [0, 0.1) is 0 Å². The molecule has 0 bridgehead atoms. The number of pyridine rings is 1. The van der Waals surface area contributed by atoms with Gasteiger partial charge in [0, 0.05) is 28.3 Å². The van der Waals surface area contributed by atoms with Gasteiger partial charge in [-0.05, 0) is 38.4 Å². The van der Waals surface area contributed by atoms with Gasteiger partial charge in [0.2, 0.25) is 0 Å². The summed E-state index contributed by atoms with van der Waals surface area (Å²) in [5, 5.41) is 4.61. The molecule has 124 valence electrons. The fourth-order valence-electron chi connectivity index (χ4n) is 2.64. The molecular formula is C18H19BrN4O. The predicted octanol–water partition coefficient (Wildman–Crippen LogP) is 3.02.